The lowest BCUT2D eigenvalue weighted by molar-refractivity contribution is -0.135. The van der Waals surface area contributed by atoms with Crippen LogP contribution in [-0.4, -0.2) is 61.5 Å². The van der Waals surface area contributed by atoms with Gasteiger partial charge in [-0.3, -0.25) is 4.79 Å². The van der Waals surface area contributed by atoms with E-state index >= 15 is 0 Å². The number of amides is 1. The van der Waals surface area contributed by atoms with E-state index in [9.17, 15) is 4.79 Å². The second-order valence-corrected chi connectivity index (χ2v) is 6.64. The molecule has 4 heteroatoms. The van der Waals surface area contributed by atoms with Crippen LogP contribution in [-0.2, 0) is 4.79 Å². The summed E-state index contributed by atoms with van der Waals surface area (Å²) in [5.41, 5.74) is 0. The Kier molecular flexibility index (Phi) is 4.08. The molecule has 3 unspecified atom stereocenters. The van der Waals surface area contributed by atoms with Crippen molar-refractivity contribution in [1.29, 1.82) is 0 Å². The van der Waals surface area contributed by atoms with Gasteiger partial charge in [0.15, 0.2) is 0 Å². The minimum absolute atomic E-state index is 0.403. The van der Waals surface area contributed by atoms with Crippen LogP contribution in [0.3, 0.4) is 0 Å². The third-order valence-electron chi connectivity index (χ3n) is 5.32. The van der Waals surface area contributed by atoms with Crippen LogP contribution in [0.15, 0.2) is 0 Å². The Hall–Kier alpha value is -0.610. The number of fused-ring (bicyclic) bond motifs is 1. The van der Waals surface area contributed by atoms with Gasteiger partial charge < -0.3 is 15.1 Å². The van der Waals surface area contributed by atoms with E-state index in [1.165, 1.54) is 32.2 Å². The zero-order valence-electron chi connectivity index (χ0n) is 12.1. The van der Waals surface area contributed by atoms with Crippen LogP contribution in [0.2, 0.25) is 0 Å². The number of piperidine rings is 2. The summed E-state index contributed by atoms with van der Waals surface area (Å²) in [5, 5.41) is 3.35. The molecule has 3 saturated heterocycles. The molecule has 19 heavy (non-hydrogen) atoms. The van der Waals surface area contributed by atoms with Crippen molar-refractivity contribution in [2.45, 2.75) is 38.1 Å². The second kappa shape index (κ2) is 5.80. The zero-order chi connectivity index (χ0) is 13.2. The van der Waals surface area contributed by atoms with Gasteiger partial charge in [-0.2, -0.15) is 0 Å². The van der Waals surface area contributed by atoms with Crippen molar-refractivity contribution >= 4 is 5.91 Å². The molecular formula is C15H27N3O. The van der Waals surface area contributed by atoms with Gasteiger partial charge in [0.1, 0.15) is 0 Å². The van der Waals surface area contributed by atoms with Crippen LogP contribution in [0, 0.1) is 11.8 Å². The number of hydrogen-bond acceptors (Lipinski definition) is 3. The minimum Gasteiger partial charge on any atom is -0.342 e. The van der Waals surface area contributed by atoms with E-state index in [-0.39, 0.29) is 0 Å². The molecule has 0 aromatic carbocycles. The Morgan fingerprint density at radius 3 is 2.95 bits per heavy atom. The van der Waals surface area contributed by atoms with Gasteiger partial charge in [0.2, 0.25) is 5.91 Å². The lowest BCUT2D eigenvalue weighted by Crippen LogP contribution is -2.54. The summed E-state index contributed by atoms with van der Waals surface area (Å²) >= 11 is 0. The molecule has 1 amide bonds. The summed E-state index contributed by atoms with van der Waals surface area (Å²) in [6, 6.07) is 0.728. The van der Waals surface area contributed by atoms with Crippen molar-refractivity contribution in [3.05, 3.63) is 0 Å². The molecule has 3 atom stereocenters. The first-order valence-electron chi connectivity index (χ1n) is 7.93. The first-order valence-corrected chi connectivity index (χ1v) is 7.93. The quantitative estimate of drug-likeness (QED) is 0.807. The zero-order valence-corrected chi connectivity index (χ0v) is 12.1. The summed E-state index contributed by atoms with van der Waals surface area (Å²) in [5.74, 6) is 1.71. The van der Waals surface area contributed by atoms with Gasteiger partial charge >= 0.3 is 0 Å². The molecular weight excluding hydrogens is 238 g/mol. The van der Waals surface area contributed by atoms with Gasteiger partial charge in [-0.1, -0.05) is 0 Å². The molecule has 4 nitrogen and oxygen atoms in total. The van der Waals surface area contributed by atoms with Crippen molar-refractivity contribution in [3.8, 4) is 0 Å². The molecule has 3 aliphatic heterocycles. The topological polar surface area (TPSA) is 35.6 Å². The molecule has 0 aliphatic carbocycles. The Labute approximate surface area is 116 Å². The standard InChI is InChI=1S/C15H27N3O/c1-17-7-2-3-13-11-18(8-5-14(13)17)15(19)9-12-4-6-16-10-12/h12-14,16H,2-11H2,1H3. The van der Waals surface area contributed by atoms with Crippen LogP contribution in [0.4, 0.5) is 0 Å². The molecule has 3 rings (SSSR count). The van der Waals surface area contributed by atoms with Gasteiger partial charge in [-0.25, -0.2) is 0 Å². The highest BCUT2D eigenvalue weighted by atomic mass is 16.2. The minimum atomic E-state index is 0.403. The smallest absolute Gasteiger partial charge is 0.222 e. The van der Waals surface area contributed by atoms with Crippen LogP contribution in [0.25, 0.3) is 0 Å². The van der Waals surface area contributed by atoms with Gasteiger partial charge in [0.05, 0.1) is 0 Å². The summed E-state index contributed by atoms with van der Waals surface area (Å²) in [6.07, 6.45) is 5.72. The number of hydrogen-bond donors (Lipinski definition) is 1. The van der Waals surface area contributed by atoms with Gasteiger partial charge in [0.25, 0.3) is 0 Å². The van der Waals surface area contributed by atoms with Crippen molar-refractivity contribution in [3.63, 3.8) is 0 Å². The number of nitrogens with zero attached hydrogens (tertiary/aromatic N) is 2. The lowest BCUT2D eigenvalue weighted by atomic mass is 9.84. The summed E-state index contributed by atoms with van der Waals surface area (Å²) < 4.78 is 0. The molecule has 3 fully saturated rings. The fourth-order valence-electron chi connectivity index (χ4n) is 4.14. The molecule has 3 aliphatic rings. The van der Waals surface area contributed by atoms with Crippen molar-refractivity contribution in [2.75, 3.05) is 39.8 Å². The van der Waals surface area contributed by atoms with E-state index in [1.807, 2.05) is 0 Å². The maximum absolute atomic E-state index is 12.4. The lowest BCUT2D eigenvalue weighted by Gasteiger charge is -2.46. The summed E-state index contributed by atoms with van der Waals surface area (Å²) in [6.45, 7) is 5.35. The monoisotopic (exact) mass is 265 g/mol. The Bertz CT molecular complexity index is 327. The molecule has 0 bridgehead atoms. The summed E-state index contributed by atoms with van der Waals surface area (Å²) in [7, 11) is 2.25. The van der Waals surface area contributed by atoms with E-state index in [0.29, 0.717) is 11.8 Å². The third kappa shape index (κ3) is 2.95. The van der Waals surface area contributed by atoms with Crippen molar-refractivity contribution in [2.24, 2.45) is 11.8 Å². The molecule has 3 heterocycles. The molecule has 0 radical (unpaired) electrons. The first-order chi connectivity index (χ1) is 9.24. The fourth-order valence-corrected chi connectivity index (χ4v) is 4.14. The van der Waals surface area contributed by atoms with Gasteiger partial charge in [-0.05, 0) is 64.2 Å². The molecule has 0 aromatic rings. The highest BCUT2D eigenvalue weighted by Crippen LogP contribution is 2.30. The van der Waals surface area contributed by atoms with Gasteiger partial charge in [-0.15, -0.1) is 0 Å². The third-order valence-corrected chi connectivity index (χ3v) is 5.32. The van der Waals surface area contributed by atoms with Crippen LogP contribution >= 0.6 is 0 Å². The Balaban J connectivity index is 1.53. The van der Waals surface area contributed by atoms with Crippen LogP contribution in [0.5, 0.6) is 0 Å². The van der Waals surface area contributed by atoms with Gasteiger partial charge in [0, 0.05) is 25.6 Å². The van der Waals surface area contributed by atoms with Crippen molar-refractivity contribution in [1.82, 2.24) is 15.1 Å². The maximum atomic E-state index is 12.4. The van der Waals surface area contributed by atoms with Crippen LogP contribution in [0.1, 0.15) is 32.1 Å². The number of likely N-dealkylation sites (tertiary alicyclic amines) is 2. The number of nitrogens with one attached hydrogen (secondary N) is 1. The molecule has 0 aromatic heterocycles. The van der Waals surface area contributed by atoms with E-state index in [4.69, 9.17) is 0 Å². The summed E-state index contributed by atoms with van der Waals surface area (Å²) in [4.78, 5) is 17.1. The molecule has 1 N–H and O–H groups in total. The molecule has 0 saturated carbocycles. The highest BCUT2D eigenvalue weighted by molar-refractivity contribution is 5.76. The number of carbonyl (C=O) groups excluding carboxylic acids is 1. The van der Waals surface area contributed by atoms with E-state index in [1.54, 1.807) is 0 Å². The predicted molar refractivity (Wildman–Crippen MR) is 75.9 cm³/mol. The average molecular weight is 265 g/mol. The van der Waals surface area contributed by atoms with E-state index < -0.39 is 0 Å². The molecule has 0 spiro atoms. The fraction of sp³-hybridized carbons (Fsp3) is 0.933. The average Bonchev–Trinajstić information content (AvgIpc) is 2.91. The van der Waals surface area contributed by atoms with Crippen LogP contribution < -0.4 is 5.32 Å². The maximum Gasteiger partial charge on any atom is 0.222 e. The highest BCUT2D eigenvalue weighted by Gasteiger charge is 2.36. The van der Waals surface area contributed by atoms with E-state index in [0.717, 1.165) is 44.6 Å². The Morgan fingerprint density at radius 1 is 1.26 bits per heavy atom. The Morgan fingerprint density at radius 2 is 2.16 bits per heavy atom. The van der Waals surface area contributed by atoms with Crippen molar-refractivity contribution < 1.29 is 4.79 Å². The second-order valence-electron chi connectivity index (χ2n) is 6.64. The SMILES string of the molecule is CN1CCCC2CN(C(=O)CC3CCNC3)CCC21. The number of rotatable bonds is 2. The number of carbonyl (C=O) groups is 1. The normalized spacial score (nSPS) is 36.3. The van der Waals surface area contributed by atoms with E-state index in [2.05, 4.69) is 22.2 Å². The first kappa shape index (κ1) is 13.4. The largest absolute Gasteiger partial charge is 0.342 e. The molecule has 108 valence electrons. The predicted octanol–water partition coefficient (Wildman–Crippen LogP) is 0.929.